The lowest BCUT2D eigenvalue weighted by Crippen LogP contribution is -2.28. The van der Waals surface area contributed by atoms with E-state index in [1.807, 2.05) is 18.2 Å². The molecule has 0 saturated carbocycles. The summed E-state index contributed by atoms with van der Waals surface area (Å²) in [7, 11) is -7.53. The van der Waals surface area contributed by atoms with Gasteiger partial charge in [-0.25, -0.2) is 16.8 Å². The molecule has 0 aromatic heterocycles. The maximum Gasteiger partial charge on any atom is 0.265 e. The minimum absolute atomic E-state index is 0.0304. The molecule has 1 amide bonds. The first-order chi connectivity index (χ1) is 18.1. The molecule has 11 heteroatoms. The van der Waals surface area contributed by atoms with Gasteiger partial charge in [0, 0.05) is 29.1 Å². The van der Waals surface area contributed by atoms with Crippen LogP contribution in [0.25, 0.3) is 10.8 Å². The summed E-state index contributed by atoms with van der Waals surface area (Å²) in [6.45, 7) is 1.93. The second kappa shape index (κ2) is 9.94. The van der Waals surface area contributed by atoms with E-state index >= 15 is 0 Å². The van der Waals surface area contributed by atoms with Crippen molar-refractivity contribution in [2.45, 2.75) is 29.6 Å². The SMILES string of the molecule is Cc1ccc(Cl)cc1NS(=O)(=O)c1ccc(NC(=O)CCCN2c3cccc4cccc(c34)S2(=O)=O)cc1. The number of aryl methyl sites for hydroxylation is 1. The Morgan fingerprint density at radius 3 is 2.42 bits per heavy atom. The number of amides is 1. The van der Waals surface area contributed by atoms with Crippen molar-refractivity contribution in [1.82, 2.24) is 0 Å². The first-order valence-corrected chi connectivity index (χ1v) is 15.1. The molecule has 38 heavy (non-hydrogen) atoms. The Hall–Kier alpha value is -3.60. The maximum absolute atomic E-state index is 13.1. The largest absolute Gasteiger partial charge is 0.326 e. The Labute approximate surface area is 226 Å². The highest BCUT2D eigenvalue weighted by molar-refractivity contribution is 7.93. The van der Waals surface area contributed by atoms with Crippen molar-refractivity contribution in [1.29, 1.82) is 0 Å². The molecule has 0 radical (unpaired) electrons. The van der Waals surface area contributed by atoms with Crippen LogP contribution in [0.3, 0.4) is 0 Å². The highest BCUT2D eigenvalue weighted by Gasteiger charge is 2.35. The van der Waals surface area contributed by atoms with E-state index in [1.165, 1.54) is 34.6 Å². The van der Waals surface area contributed by atoms with E-state index in [0.717, 1.165) is 10.9 Å². The van der Waals surface area contributed by atoms with E-state index in [4.69, 9.17) is 11.6 Å². The van der Waals surface area contributed by atoms with Crippen LogP contribution in [-0.2, 0) is 24.8 Å². The summed E-state index contributed by atoms with van der Waals surface area (Å²) in [6.07, 6.45) is 0.402. The normalized spacial score (nSPS) is 14.0. The molecule has 8 nitrogen and oxygen atoms in total. The Morgan fingerprint density at radius 2 is 1.68 bits per heavy atom. The van der Waals surface area contributed by atoms with Crippen LogP contribution in [0.15, 0.2) is 88.7 Å². The topological polar surface area (TPSA) is 113 Å². The smallest absolute Gasteiger partial charge is 0.265 e. The average Bonchev–Trinajstić information content (AvgIpc) is 3.09. The Balaban J connectivity index is 1.20. The first-order valence-electron chi connectivity index (χ1n) is 11.8. The molecular formula is C27H24ClN3O5S2. The maximum atomic E-state index is 13.1. The summed E-state index contributed by atoms with van der Waals surface area (Å²) in [5.74, 6) is -0.305. The molecular weight excluding hydrogens is 546 g/mol. The molecule has 1 heterocycles. The third-order valence-electron chi connectivity index (χ3n) is 6.34. The van der Waals surface area contributed by atoms with Crippen LogP contribution in [0.5, 0.6) is 0 Å². The third-order valence-corrected chi connectivity index (χ3v) is 9.81. The lowest BCUT2D eigenvalue weighted by Gasteiger charge is -2.18. The molecule has 196 valence electrons. The number of nitrogens with zero attached hydrogens (tertiary/aromatic N) is 1. The quantitative estimate of drug-likeness (QED) is 0.290. The zero-order valence-corrected chi connectivity index (χ0v) is 22.7. The molecule has 0 unspecified atom stereocenters. The number of carbonyl (C=O) groups excluding carboxylic acids is 1. The van der Waals surface area contributed by atoms with Gasteiger partial charge >= 0.3 is 0 Å². The predicted octanol–water partition coefficient (Wildman–Crippen LogP) is 5.53. The summed E-state index contributed by atoms with van der Waals surface area (Å²) >= 11 is 5.98. The van der Waals surface area contributed by atoms with Crippen LogP contribution < -0.4 is 14.3 Å². The van der Waals surface area contributed by atoms with Crippen LogP contribution in [0, 0.1) is 6.92 Å². The van der Waals surface area contributed by atoms with Gasteiger partial charge in [0.1, 0.15) is 0 Å². The summed E-state index contributed by atoms with van der Waals surface area (Å²) < 4.78 is 55.5. The summed E-state index contributed by atoms with van der Waals surface area (Å²) in [5, 5.41) is 4.70. The number of hydrogen-bond acceptors (Lipinski definition) is 5. The van der Waals surface area contributed by atoms with Gasteiger partial charge in [0.2, 0.25) is 5.91 Å². The molecule has 0 aliphatic carbocycles. The second-order valence-electron chi connectivity index (χ2n) is 8.95. The van der Waals surface area contributed by atoms with E-state index in [0.29, 0.717) is 33.9 Å². The van der Waals surface area contributed by atoms with Gasteiger partial charge in [0.15, 0.2) is 0 Å². The number of benzene rings is 4. The molecule has 0 bridgehead atoms. The summed E-state index contributed by atoms with van der Waals surface area (Å²) in [4.78, 5) is 12.8. The Kier molecular flexibility index (Phi) is 6.81. The molecule has 0 spiro atoms. The molecule has 4 aromatic carbocycles. The molecule has 0 fully saturated rings. The number of halogens is 1. The molecule has 5 rings (SSSR count). The van der Waals surface area contributed by atoms with Gasteiger partial charge in [-0.15, -0.1) is 0 Å². The van der Waals surface area contributed by atoms with E-state index in [-0.39, 0.29) is 28.7 Å². The zero-order chi connectivity index (χ0) is 27.1. The van der Waals surface area contributed by atoms with Crippen molar-refractivity contribution >= 4 is 65.4 Å². The van der Waals surface area contributed by atoms with Crippen LogP contribution >= 0.6 is 11.6 Å². The lowest BCUT2D eigenvalue weighted by atomic mass is 10.1. The van der Waals surface area contributed by atoms with Crippen molar-refractivity contribution in [3.05, 3.63) is 89.4 Å². The van der Waals surface area contributed by atoms with E-state index < -0.39 is 20.0 Å². The molecule has 0 saturated heterocycles. The van der Waals surface area contributed by atoms with Crippen LogP contribution in [0.2, 0.25) is 5.02 Å². The van der Waals surface area contributed by atoms with Gasteiger partial charge in [0.25, 0.3) is 20.0 Å². The van der Waals surface area contributed by atoms with Crippen molar-refractivity contribution in [3.63, 3.8) is 0 Å². The monoisotopic (exact) mass is 569 g/mol. The van der Waals surface area contributed by atoms with E-state index in [2.05, 4.69) is 10.0 Å². The fourth-order valence-corrected chi connectivity index (χ4v) is 7.47. The van der Waals surface area contributed by atoms with Gasteiger partial charge < -0.3 is 5.32 Å². The highest BCUT2D eigenvalue weighted by Crippen LogP contribution is 2.42. The van der Waals surface area contributed by atoms with Crippen molar-refractivity contribution in [2.75, 3.05) is 20.9 Å². The lowest BCUT2D eigenvalue weighted by molar-refractivity contribution is -0.116. The number of carbonyl (C=O) groups is 1. The van der Waals surface area contributed by atoms with Crippen LogP contribution in [-0.4, -0.2) is 29.3 Å². The third kappa shape index (κ3) is 4.94. The van der Waals surface area contributed by atoms with Crippen molar-refractivity contribution in [2.24, 2.45) is 0 Å². The minimum Gasteiger partial charge on any atom is -0.326 e. The number of sulfonamides is 2. The van der Waals surface area contributed by atoms with E-state index in [1.54, 1.807) is 37.3 Å². The molecule has 1 aliphatic heterocycles. The second-order valence-corrected chi connectivity index (χ2v) is 12.9. The highest BCUT2D eigenvalue weighted by atomic mass is 35.5. The summed E-state index contributed by atoms with van der Waals surface area (Å²) in [6, 6.07) is 21.4. The predicted molar refractivity (Wildman–Crippen MR) is 150 cm³/mol. The van der Waals surface area contributed by atoms with Crippen molar-refractivity contribution < 1.29 is 21.6 Å². The molecule has 2 N–H and O–H groups in total. The van der Waals surface area contributed by atoms with Gasteiger partial charge in [-0.1, -0.05) is 41.9 Å². The molecule has 0 atom stereocenters. The zero-order valence-electron chi connectivity index (χ0n) is 20.3. The fourth-order valence-electron chi connectivity index (χ4n) is 4.43. The molecule has 1 aliphatic rings. The number of hydrogen-bond donors (Lipinski definition) is 2. The number of nitrogens with one attached hydrogen (secondary N) is 2. The van der Waals surface area contributed by atoms with Gasteiger partial charge in [-0.2, -0.15) is 0 Å². The molecule has 4 aromatic rings. The number of anilines is 3. The summed E-state index contributed by atoms with van der Waals surface area (Å²) in [5.41, 5.74) is 2.16. The van der Waals surface area contributed by atoms with E-state index in [9.17, 15) is 21.6 Å². The number of rotatable bonds is 8. The van der Waals surface area contributed by atoms with Crippen molar-refractivity contribution in [3.8, 4) is 0 Å². The van der Waals surface area contributed by atoms with Gasteiger partial charge in [0.05, 0.1) is 21.2 Å². The van der Waals surface area contributed by atoms with Gasteiger partial charge in [-0.3, -0.25) is 13.8 Å². The first kappa shape index (κ1) is 26.0. The minimum atomic E-state index is -3.86. The average molecular weight is 570 g/mol. The Bertz CT molecular complexity index is 1770. The fraction of sp³-hybridized carbons (Fsp3) is 0.148. The van der Waals surface area contributed by atoms with Gasteiger partial charge in [-0.05, 0) is 72.8 Å². The van der Waals surface area contributed by atoms with Crippen LogP contribution in [0.4, 0.5) is 17.1 Å². The standard InChI is InChI=1S/C27H24ClN3O5S2/c1-18-10-11-20(28)17-23(18)30-37(33,34)22-14-12-21(13-15-22)29-26(32)9-4-16-31-24-7-2-5-19-6-3-8-25(27(19)24)38(31,35)36/h2-3,5-8,10-15,17,30H,4,9,16H2,1H3,(H,29,32). The van der Waals surface area contributed by atoms with Crippen LogP contribution in [0.1, 0.15) is 18.4 Å². The Morgan fingerprint density at radius 1 is 0.974 bits per heavy atom.